The van der Waals surface area contributed by atoms with E-state index in [1.54, 1.807) is 10.8 Å². The van der Waals surface area contributed by atoms with Crippen molar-refractivity contribution in [3.8, 4) is 0 Å². The predicted molar refractivity (Wildman–Crippen MR) is 157 cm³/mol. The van der Waals surface area contributed by atoms with Gasteiger partial charge in [-0.2, -0.15) is 4.98 Å². The minimum Gasteiger partial charge on any atom is -0.378 e. The van der Waals surface area contributed by atoms with Crippen molar-refractivity contribution >= 4 is 54.7 Å². The highest BCUT2D eigenvalue weighted by Crippen LogP contribution is 2.18. The van der Waals surface area contributed by atoms with Gasteiger partial charge in [-0.25, -0.2) is 9.56 Å². The molecule has 5 rings (SSSR count). The molecule has 0 saturated carbocycles. The maximum atomic E-state index is 6.09. The number of aromatic nitrogens is 3. The first-order valence-electron chi connectivity index (χ1n) is 12.6. The van der Waals surface area contributed by atoms with E-state index >= 15 is 0 Å². The molecule has 2 aliphatic heterocycles. The van der Waals surface area contributed by atoms with E-state index in [0.29, 0.717) is 74.1 Å². The molecule has 0 amide bonds. The molecule has 10 heteroatoms. The van der Waals surface area contributed by atoms with Crippen molar-refractivity contribution in [2.45, 2.75) is 0 Å². The fourth-order valence-corrected chi connectivity index (χ4v) is 4.89. The first-order valence-corrected chi connectivity index (χ1v) is 13.5. The molecule has 3 aromatic rings. The zero-order valence-corrected chi connectivity index (χ0v) is 22.7. The lowest BCUT2D eigenvalue weighted by Gasteiger charge is -2.32. The van der Waals surface area contributed by atoms with E-state index < -0.39 is 0 Å². The van der Waals surface area contributed by atoms with Gasteiger partial charge in [-0.3, -0.25) is 4.57 Å². The van der Waals surface area contributed by atoms with Gasteiger partial charge in [0.05, 0.1) is 26.4 Å². The Morgan fingerprint density at radius 1 is 0.789 bits per heavy atom. The largest absolute Gasteiger partial charge is 0.378 e. The summed E-state index contributed by atoms with van der Waals surface area (Å²) in [6.07, 6.45) is 7.73. The number of hydrogen-bond acceptors (Lipinski definition) is 7. The lowest BCUT2D eigenvalue weighted by atomic mass is 10.2. The number of hydrogen-bond donors (Lipinski definition) is 0. The third-order valence-corrected chi connectivity index (χ3v) is 6.91. The Labute approximate surface area is 232 Å². The van der Waals surface area contributed by atoms with Crippen LogP contribution in [0.5, 0.6) is 0 Å². The van der Waals surface area contributed by atoms with Crippen LogP contribution in [-0.4, -0.2) is 77.6 Å². The molecular weight excluding hydrogens is 516 g/mol. The second kappa shape index (κ2) is 12.9. The van der Waals surface area contributed by atoms with Crippen molar-refractivity contribution in [1.29, 1.82) is 0 Å². The highest BCUT2D eigenvalue weighted by Gasteiger charge is 2.22. The summed E-state index contributed by atoms with van der Waals surface area (Å²) in [5, 5.41) is 0. The van der Waals surface area contributed by atoms with Gasteiger partial charge in [-0.1, -0.05) is 60.7 Å². The maximum absolute atomic E-state index is 6.09. The lowest BCUT2D eigenvalue weighted by molar-refractivity contribution is 0.0665. The van der Waals surface area contributed by atoms with Gasteiger partial charge < -0.3 is 19.3 Å². The Bertz CT molecular complexity index is 1420. The third-order valence-electron chi connectivity index (χ3n) is 6.26. The van der Waals surface area contributed by atoms with E-state index in [-0.39, 0.29) is 0 Å². The number of anilines is 1. The van der Waals surface area contributed by atoms with Gasteiger partial charge in [0.1, 0.15) is 0 Å². The molecule has 2 saturated heterocycles. The number of nitrogens with zero attached hydrogens (tertiary/aromatic N) is 6. The van der Waals surface area contributed by atoms with E-state index in [0.717, 1.165) is 11.1 Å². The van der Waals surface area contributed by atoms with Gasteiger partial charge in [0, 0.05) is 38.6 Å². The summed E-state index contributed by atoms with van der Waals surface area (Å²) in [5.74, 6) is 1.34. The van der Waals surface area contributed by atoms with Crippen LogP contribution in [0.1, 0.15) is 11.1 Å². The van der Waals surface area contributed by atoms with Crippen molar-refractivity contribution in [2.75, 3.05) is 57.5 Å². The average molecular weight is 547 g/mol. The molecule has 2 fully saturated rings. The van der Waals surface area contributed by atoms with Gasteiger partial charge >= 0.3 is 0 Å². The van der Waals surface area contributed by atoms with Crippen LogP contribution in [0.4, 0.5) is 5.95 Å². The van der Waals surface area contributed by atoms with Crippen molar-refractivity contribution in [3.63, 3.8) is 0 Å². The molecule has 0 unspecified atom stereocenters. The van der Waals surface area contributed by atoms with Crippen LogP contribution in [0, 0.1) is 9.54 Å². The molecule has 0 aliphatic carbocycles. The molecular formula is C28H30N6O2S2. The Hall–Kier alpha value is -3.44. The highest BCUT2D eigenvalue weighted by atomic mass is 32.1. The van der Waals surface area contributed by atoms with Crippen LogP contribution in [0.2, 0.25) is 0 Å². The summed E-state index contributed by atoms with van der Waals surface area (Å²) in [7, 11) is 0. The minimum atomic E-state index is 0.360. The minimum absolute atomic E-state index is 0.360. The Balaban J connectivity index is 1.62. The average Bonchev–Trinajstić information content (AvgIpc) is 2.97. The first kappa shape index (κ1) is 26.2. The number of benzene rings is 2. The van der Waals surface area contributed by atoms with E-state index in [2.05, 4.69) is 9.80 Å². The van der Waals surface area contributed by atoms with Gasteiger partial charge in [0.15, 0.2) is 4.77 Å². The van der Waals surface area contributed by atoms with Crippen molar-refractivity contribution in [1.82, 2.24) is 19.0 Å². The van der Waals surface area contributed by atoms with Crippen LogP contribution in [0.3, 0.4) is 0 Å². The summed E-state index contributed by atoms with van der Waals surface area (Å²) in [6, 6.07) is 20.2. The van der Waals surface area contributed by atoms with E-state index in [9.17, 15) is 0 Å². The standard InChI is InChI=1S/C28H30N6O2S2/c37-27-30-26(32-17-21-36-22-18-32)33(14-12-24-9-5-2-6-10-24)28(38)34(27)25(31-15-19-35-20-16-31)29-13-11-23-7-3-1-4-8-23/h1-14H,15-22H2/b13-11+,14-12+,29-25?. The van der Waals surface area contributed by atoms with Gasteiger partial charge in [-0.05, 0) is 47.7 Å². The monoisotopic (exact) mass is 546 g/mol. The molecule has 3 heterocycles. The topological polar surface area (TPSA) is 60.0 Å². The van der Waals surface area contributed by atoms with E-state index in [1.165, 1.54) is 0 Å². The predicted octanol–water partition coefficient (Wildman–Crippen LogP) is 4.82. The van der Waals surface area contributed by atoms with Crippen LogP contribution >= 0.6 is 24.4 Å². The van der Waals surface area contributed by atoms with Gasteiger partial charge in [0.25, 0.3) is 0 Å². The normalized spacial score (nSPS) is 17.0. The molecule has 1 aromatic heterocycles. The Morgan fingerprint density at radius 3 is 2.00 bits per heavy atom. The fraction of sp³-hybridized carbons (Fsp3) is 0.286. The van der Waals surface area contributed by atoms with E-state index in [4.69, 9.17) is 43.9 Å². The maximum Gasteiger partial charge on any atom is 0.214 e. The molecule has 2 aromatic carbocycles. The van der Waals surface area contributed by atoms with Crippen molar-refractivity contribution in [3.05, 3.63) is 87.5 Å². The van der Waals surface area contributed by atoms with Crippen LogP contribution in [-0.2, 0) is 9.47 Å². The number of morpholine rings is 2. The number of ether oxygens (including phenoxy) is 2. The van der Waals surface area contributed by atoms with Gasteiger partial charge in [0.2, 0.25) is 16.7 Å². The molecule has 2 aliphatic rings. The lowest BCUT2D eigenvalue weighted by Crippen LogP contribution is -2.45. The summed E-state index contributed by atoms with van der Waals surface area (Å²) in [6.45, 7) is 5.25. The Morgan fingerprint density at radius 2 is 1.37 bits per heavy atom. The van der Waals surface area contributed by atoms with E-state index in [1.807, 2.05) is 83.6 Å². The number of rotatable bonds is 5. The second-order valence-corrected chi connectivity index (χ2v) is 9.49. The SMILES string of the molecule is S=c1nc(N2CCOCC2)n(/C=C/c2ccccc2)c(=S)n1C(=N/C=C/c1ccccc1)N1CCOCC1. The summed E-state index contributed by atoms with van der Waals surface area (Å²) >= 11 is 11.9. The molecule has 0 spiro atoms. The molecule has 196 valence electrons. The van der Waals surface area contributed by atoms with Gasteiger partial charge in [-0.15, -0.1) is 0 Å². The third kappa shape index (κ3) is 6.33. The molecule has 0 atom stereocenters. The Kier molecular flexibility index (Phi) is 8.87. The molecule has 0 bridgehead atoms. The second-order valence-electron chi connectivity index (χ2n) is 8.76. The molecule has 38 heavy (non-hydrogen) atoms. The van der Waals surface area contributed by atoms with Crippen LogP contribution < -0.4 is 4.90 Å². The quantitative estimate of drug-likeness (QED) is 0.258. The molecule has 8 nitrogen and oxygen atoms in total. The zero-order chi connectivity index (χ0) is 26.2. The summed E-state index contributed by atoms with van der Waals surface area (Å²) in [5.41, 5.74) is 2.12. The van der Waals surface area contributed by atoms with Crippen molar-refractivity contribution in [2.24, 2.45) is 4.99 Å². The zero-order valence-electron chi connectivity index (χ0n) is 21.1. The van der Waals surface area contributed by atoms with Crippen molar-refractivity contribution < 1.29 is 9.47 Å². The molecule has 0 N–H and O–H groups in total. The summed E-state index contributed by atoms with van der Waals surface area (Å²) < 4.78 is 15.7. The fourth-order valence-electron chi connectivity index (χ4n) is 4.28. The summed E-state index contributed by atoms with van der Waals surface area (Å²) in [4.78, 5) is 14.1. The smallest absolute Gasteiger partial charge is 0.214 e. The van der Waals surface area contributed by atoms with Crippen LogP contribution in [0.15, 0.2) is 71.9 Å². The first-order chi connectivity index (χ1) is 18.7. The molecule has 0 radical (unpaired) electrons. The number of aliphatic imine (C=N–C) groups is 1. The highest BCUT2D eigenvalue weighted by molar-refractivity contribution is 7.72. The van der Waals surface area contributed by atoms with Crippen LogP contribution in [0.25, 0.3) is 18.4 Å².